The van der Waals surface area contributed by atoms with Crippen molar-refractivity contribution in [2.24, 2.45) is 0 Å². The van der Waals surface area contributed by atoms with Crippen LogP contribution in [0.4, 0.5) is 17.1 Å². The van der Waals surface area contributed by atoms with E-state index in [0.717, 1.165) is 21.1 Å². The van der Waals surface area contributed by atoms with E-state index in [1.54, 1.807) is 6.20 Å². The third-order valence-corrected chi connectivity index (χ3v) is 4.87. The Morgan fingerprint density at radius 3 is 2.62 bits per heavy atom. The van der Waals surface area contributed by atoms with Crippen molar-refractivity contribution in [3.05, 3.63) is 57.1 Å². The molecule has 0 fully saturated rings. The first-order valence-corrected chi connectivity index (χ1v) is 7.66. The fourth-order valence-corrected chi connectivity index (χ4v) is 2.87. The minimum Gasteiger partial charge on any atom is -0.396 e. The van der Waals surface area contributed by atoms with Gasteiger partial charge >= 0.3 is 0 Å². The van der Waals surface area contributed by atoms with Crippen molar-refractivity contribution in [2.75, 3.05) is 11.1 Å². The first-order valence-electron chi connectivity index (χ1n) is 6.11. The Morgan fingerprint density at radius 2 is 1.81 bits per heavy atom. The lowest BCUT2D eigenvalue weighted by Gasteiger charge is -2.14. The number of hydrogen-bond donors (Lipinski definition) is 2. The number of aromatic nitrogens is 1. The van der Waals surface area contributed by atoms with Gasteiger partial charge in [0, 0.05) is 9.86 Å². The molecule has 0 spiro atoms. The SMILES string of the molecule is Nc1cnc2ccccc2c1Nc1ccc(Br)c(Cl)c1Cl. The highest BCUT2D eigenvalue weighted by Gasteiger charge is 2.12. The highest BCUT2D eigenvalue weighted by atomic mass is 79.9. The topological polar surface area (TPSA) is 50.9 Å². The molecule has 3 nitrogen and oxygen atoms in total. The maximum Gasteiger partial charge on any atom is 0.0838 e. The molecule has 0 aliphatic heterocycles. The second-order valence-electron chi connectivity index (χ2n) is 4.45. The standard InChI is InChI=1S/C15H10BrCl2N3/c16-9-5-6-12(14(18)13(9)17)21-15-8-3-1-2-4-11(8)20-7-10(15)19/h1-7H,19H2,(H,20,21). The number of benzene rings is 2. The van der Waals surface area contributed by atoms with Crippen molar-refractivity contribution in [1.82, 2.24) is 4.98 Å². The molecular weight excluding hydrogens is 373 g/mol. The average molecular weight is 383 g/mol. The van der Waals surface area contributed by atoms with Gasteiger partial charge in [-0.3, -0.25) is 4.98 Å². The van der Waals surface area contributed by atoms with E-state index in [9.17, 15) is 0 Å². The molecule has 0 saturated heterocycles. The summed E-state index contributed by atoms with van der Waals surface area (Å²) in [6.45, 7) is 0. The van der Waals surface area contributed by atoms with Gasteiger partial charge in [0.25, 0.3) is 0 Å². The molecule has 3 rings (SSSR count). The molecule has 0 atom stereocenters. The van der Waals surface area contributed by atoms with E-state index in [1.165, 1.54) is 0 Å². The van der Waals surface area contributed by atoms with E-state index in [2.05, 4.69) is 26.2 Å². The molecule has 0 radical (unpaired) electrons. The first-order chi connectivity index (χ1) is 10.1. The van der Waals surface area contributed by atoms with Gasteiger partial charge in [0.15, 0.2) is 0 Å². The molecule has 0 bridgehead atoms. The zero-order valence-corrected chi connectivity index (χ0v) is 13.8. The number of nitrogen functional groups attached to an aromatic ring is 1. The molecular formula is C15H10BrCl2N3. The second kappa shape index (κ2) is 5.72. The molecule has 1 aromatic heterocycles. The van der Waals surface area contributed by atoms with Crippen LogP contribution in [0, 0.1) is 0 Å². The van der Waals surface area contributed by atoms with Crippen LogP contribution in [0.3, 0.4) is 0 Å². The molecule has 0 unspecified atom stereocenters. The zero-order chi connectivity index (χ0) is 15.0. The van der Waals surface area contributed by atoms with Crippen molar-refractivity contribution in [2.45, 2.75) is 0 Å². The Morgan fingerprint density at radius 1 is 1.05 bits per heavy atom. The Kier molecular flexibility index (Phi) is 3.93. The molecule has 3 N–H and O–H groups in total. The van der Waals surface area contributed by atoms with E-state index in [4.69, 9.17) is 28.9 Å². The third kappa shape index (κ3) is 2.67. The molecule has 21 heavy (non-hydrogen) atoms. The highest BCUT2D eigenvalue weighted by Crippen LogP contribution is 2.39. The summed E-state index contributed by atoms with van der Waals surface area (Å²) in [5, 5.41) is 5.07. The molecule has 0 saturated carbocycles. The van der Waals surface area contributed by atoms with E-state index in [1.807, 2.05) is 36.4 Å². The van der Waals surface area contributed by atoms with Crippen LogP contribution >= 0.6 is 39.1 Å². The summed E-state index contributed by atoms with van der Waals surface area (Å²) in [7, 11) is 0. The number of rotatable bonds is 2. The quantitative estimate of drug-likeness (QED) is 0.564. The summed E-state index contributed by atoms with van der Waals surface area (Å²) in [4.78, 5) is 4.31. The summed E-state index contributed by atoms with van der Waals surface area (Å²) < 4.78 is 0.743. The second-order valence-corrected chi connectivity index (χ2v) is 6.06. The average Bonchev–Trinajstić information content (AvgIpc) is 2.50. The fourth-order valence-electron chi connectivity index (χ4n) is 2.05. The minimum absolute atomic E-state index is 0.436. The maximum absolute atomic E-state index is 6.27. The Hall–Kier alpha value is -1.49. The van der Waals surface area contributed by atoms with Crippen LogP contribution in [0.5, 0.6) is 0 Å². The zero-order valence-electron chi connectivity index (χ0n) is 10.7. The van der Waals surface area contributed by atoms with E-state index < -0.39 is 0 Å². The van der Waals surface area contributed by atoms with Crippen LogP contribution < -0.4 is 11.1 Å². The number of pyridine rings is 1. The summed E-state index contributed by atoms with van der Waals surface area (Å²) in [5.74, 6) is 0. The lowest BCUT2D eigenvalue weighted by Crippen LogP contribution is -1.99. The van der Waals surface area contributed by atoms with E-state index in [-0.39, 0.29) is 0 Å². The number of nitrogens with zero attached hydrogens (tertiary/aromatic N) is 1. The van der Waals surface area contributed by atoms with Gasteiger partial charge in [0.2, 0.25) is 0 Å². The van der Waals surface area contributed by atoms with Crippen molar-refractivity contribution in [1.29, 1.82) is 0 Å². The number of nitrogens with one attached hydrogen (secondary N) is 1. The smallest absolute Gasteiger partial charge is 0.0838 e. The van der Waals surface area contributed by atoms with Crippen molar-refractivity contribution >= 4 is 67.1 Å². The maximum atomic E-state index is 6.27. The molecule has 0 aliphatic carbocycles. The molecule has 6 heteroatoms. The molecule has 3 aromatic rings. The van der Waals surface area contributed by atoms with Crippen LogP contribution in [-0.4, -0.2) is 4.98 Å². The van der Waals surface area contributed by atoms with Gasteiger partial charge in [0.1, 0.15) is 0 Å². The number of fused-ring (bicyclic) bond motifs is 1. The van der Waals surface area contributed by atoms with Gasteiger partial charge < -0.3 is 11.1 Å². The number of halogens is 3. The lowest BCUT2D eigenvalue weighted by molar-refractivity contribution is 1.40. The molecule has 2 aromatic carbocycles. The van der Waals surface area contributed by atoms with Crippen LogP contribution in [0.1, 0.15) is 0 Å². The van der Waals surface area contributed by atoms with Gasteiger partial charge in [0.05, 0.1) is 38.8 Å². The predicted molar refractivity (Wildman–Crippen MR) is 93.6 cm³/mol. The van der Waals surface area contributed by atoms with E-state index >= 15 is 0 Å². The summed E-state index contributed by atoms with van der Waals surface area (Å²) in [6.07, 6.45) is 1.62. The normalized spacial score (nSPS) is 10.8. The van der Waals surface area contributed by atoms with Crippen LogP contribution in [0.15, 0.2) is 47.1 Å². The van der Waals surface area contributed by atoms with Crippen molar-refractivity contribution in [3.63, 3.8) is 0 Å². The first kappa shape index (κ1) is 14.4. The summed E-state index contributed by atoms with van der Waals surface area (Å²) in [5.41, 5.74) is 8.90. The molecule has 0 amide bonds. The molecule has 1 heterocycles. The van der Waals surface area contributed by atoms with Gasteiger partial charge in [-0.15, -0.1) is 0 Å². The van der Waals surface area contributed by atoms with Crippen LogP contribution in [-0.2, 0) is 0 Å². The van der Waals surface area contributed by atoms with Crippen molar-refractivity contribution < 1.29 is 0 Å². The largest absolute Gasteiger partial charge is 0.396 e. The lowest BCUT2D eigenvalue weighted by atomic mass is 10.1. The Balaban J connectivity index is 2.14. The van der Waals surface area contributed by atoms with Crippen LogP contribution in [0.25, 0.3) is 10.9 Å². The third-order valence-electron chi connectivity index (χ3n) is 3.10. The number of anilines is 3. The van der Waals surface area contributed by atoms with Gasteiger partial charge in [-0.05, 0) is 34.1 Å². The fraction of sp³-hybridized carbons (Fsp3) is 0. The molecule has 0 aliphatic rings. The summed E-state index contributed by atoms with van der Waals surface area (Å²) >= 11 is 15.8. The highest BCUT2D eigenvalue weighted by molar-refractivity contribution is 9.10. The van der Waals surface area contributed by atoms with E-state index in [0.29, 0.717) is 21.4 Å². The Labute approximate surface area is 140 Å². The minimum atomic E-state index is 0.436. The monoisotopic (exact) mass is 381 g/mol. The van der Waals surface area contributed by atoms with Gasteiger partial charge in [-0.2, -0.15) is 0 Å². The summed E-state index contributed by atoms with van der Waals surface area (Å²) in [6, 6.07) is 11.4. The Bertz CT molecular complexity index is 837. The van der Waals surface area contributed by atoms with Crippen molar-refractivity contribution in [3.8, 4) is 0 Å². The van der Waals surface area contributed by atoms with Gasteiger partial charge in [-0.1, -0.05) is 41.4 Å². The number of hydrogen-bond acceptors (Lipinski definition) is 3. The number of para-hydroxylation sites is 1. The van der Waals surface area contributed by atoms with Crippen LogP contribution in [0.2, 0.25) is 10.0 Å². The predicted octanol–water partition coefficient (Wildman–Crippen LogP) is 5.63. The molecule has 106 valence electrons. The van der Waals surface area contributed by atoms with Gasteiger partial charge in [-0.25, -0.2) is 0 Å². The number of nitrogens with two attached hydrogens (primary N) is 1.